The standard InChI is InChI=1S/C15H22N2O2/c1-2-16-8-13-5-6-17(10-13)9-12-3-4-14-15(7-12)19-11-18-14/h3-4,7,13,16H,2,5-6,8-11H2,1H3. The van der Waals surface area contributed by atoms with Gasteiger partial charge in [0.1, 0.15) is 0 Å². The number of hydrogen-bond donors (Lipinski definition) is 1. The van der Waals surface area contributed by atoms with Crippen molar-refractivity contribution in [2.24, 2.45) is 5.92 Å². The fourth-order valence-corrected chi connectivity index (χ4v) is 2.87. The van der Waals surface area contributed by atoms with Gasteiger partial charge in [-0.25, -0.2) is 0 Å². The monoisotopic (exact) mass is 262 g/mol. The van der Waals surface area contributed by atoms with Gasteiger partial charge in [-0.2, -0.15) is 0 Å². The smallest absolute Gasteiger partial charge is 0.231 e. The van der Waals surface area contributed by atoms with Gasteiger partial charge >= 0.3 is 0 Å². The van der Waals surface area contributed by atoms with Crippen LogP contribution >= 0.6 is 0 Å². The Bertz CT molecular complexity index is 436. The number of nitrogens with one attached hydrogen (secondary N) is 1. The van der Waals surface area contributed by atoms with Crippen molar-refractivity contribution < 1.29 is 9.47 Å². The van der Waals surface area contributed by atoms with Crippen LogP contribution in [0.2, 0.25) is 0 Å². The lowest BCUT2D eigenvalue weighted by Gasteiger charge is -2.16. The number of likely N-dealkylation sites (tertiary alicyclic amines) is 1. The van der Waals surface area contributed by atoms with Crippen LogP contribution in [-0.2, 0) is 6.54 Å². The molecule has 0 bridgehead atoms. The molecule has 1 aromatic rings. The number of ether oxygens (including phenoxy) is 2. The normalized spacial score (nSPS) is 22.1. The average Bonchev–Trinajstić information content (AvgIpc) is 3.05. The molecule has 2 aliphatic rings. The molecule has 1 fully saturated rings. The molecule has 0 aliphatic carbocycles. The zero-order chi connectivity index (χ0) is 13.1. The highest BCUT2D eigenvalue weighted by Crippen LogP contribution is 2.33. The second-order valence-electron chi connectivity index (χ2n) is 5.39. The highest BCUT2D eigenvalue weighted by atomic mass is 16.7. The Balaban J connectivity index is 1.54. The van der Waals surface area contributed by atoms with E-state index in [2.05, 4.69) is 29.3 Å². The molecule has 2 aliphatic heterocycles. The van der Waals surface area contributed by atoms with E-state index in [1.54, 1.807) is 0 Å². The minimum atomic E-state index is 0.354. The minimum Gasteiger partial charge on any atom is -0.454 e. The SMILES string of the molecule is CCNCC1CCN(Cc2ccc3c(c2)OCO3)C1. The first-order chi connectivity index (χ1) is 9.35. The summed E-state index contributed by atoms with van der Waals surface area (Å²) in [5.74, 6) is 2.56. The first kappa shape index (κ1) is 12.8. The molecule has 0 amide bonds. The molecular weight excluding hydrogens is 240 g/mol. The van der Waals surface area contributed by atoms with Crippen LogP contribution in [0.4, 0.5) is 0 Å². The molecule has 0 saturated carbocycles. The highest BCUT2D eigenvalue weighted by molar-refractivity contribution is 5.44. The Morgan fingerprint density at radius 2 is 2.21 bits per heavy atom. The quantitative estimate of drug-likeness (QED) is 0.878. The Kier molecular flexibility index (Phi) is 3.89. The summed E-state index contributed by atoms with van der Waals surface area (Å²) in [6, 6.07) is 6.27. The van der Waals surface area contributed by atoms with Gasteiger partial charge in [0, 0.05) is 13.1 Å². The zero-order valence-electron chi connectivity index (χ0n) is 11.5. The molecule has 2 heterocycles. The third-order valence-corrected chi connectivity index (χ3v) is 3.90. The summed E-state index contributed by atoms with van der Waals surface area (Å²) < 4.78 is 10.8. The van der Waals surface area contributed by atoms with Gasteiger partial charge in [-0.15, -0.1) is 0 Å². The second-order valence-corrected chi connectivity index (χ2v) is 5.39. The summed E-state index contributed by atoms with van der Waals surface area (Å²) in [6.45, 7) is 8.14. The predicted molar refractivity (Wildman–Crippen MR) is 74.5 cm³/mol. The van der Waals surface area contributed by atoms with Crippen molar-refractivity contribution >= 4 is 0 Å². The van der Waals surface area contributed by atoms with Gasteiger partial charge in [-0.1, -0.05) is 13.0 Å². The molecule has 0 aromatic heterocycles. The maximum Gasteiger partial charge on any atom is 0.231 e. The summed E-state index contributed by atoms with van der Waals surface area (Å²) in [7, 11) is 0. The molecule has 1 N–H and O–H groups in total. The van der Waals surface area contributed by atoms with Crippen LogP contribution in [0.1, 0.15) is 18.9 Å². The number of rotatable bonds is 5. The van der Waals surface area contributed by atoms with Crippen LogP contribution in [-0.4, -0.2) is 37.9 Å². The molecule has 4 heteroatoms. The third-order valence-electron chi connectivity index (χ3n) is 3.90. The lowest BCUT2D eigenvalue weighted by molar-refractivity contribution is 0.174. The van der Waals surface area contributed by atoms with Crippen LogP contribution in [0.25, 0.3) is 0 Å². The molecule has 0 spiro atoms. The second kappa shape index (κ2) is 5.80. The van der Waals surface area contributed by atoms with E-state index in [4.69, 9.17) is 9.47 Å². The molecule has 3 rings (SSSR count). The van der Waals surface area contributed by atoms with Gasteiger partial charge in [-0.05, 0) is 49.7 Å². The van der Waals surface area contributed by atoms with E-state index in [1.165, 1.54) is 25.1 Å². The van der Waals surface area contributed by atoms with Crippen molar-refractivity contribution in [3.8, 4) is 11.5 Å². The topological polar surface area (TPSA) is 33.7 Å². The van der Waals surface area contributed by atoms with Crippen LogP contribution in [0, 0.1) is 5.92 Å². The number of hydrogen-bond acceptors (Lipinski definition) is 4. The first-order valence-corrected chi connectivity index (χ1v) is 7.16. The third kappa shape index (κ3) is 3.01. The van der Waals surface area contributed by atoms with Crippen molar-refractivity contribution in [3.05, 3.63) is 23.8 Å². The average molecular weight is 262 g/mol. The summed E-state index contributed by atoms with van der Waals surface area (Å²) in [6.07, 6.45) is 1.30. The molecular formula is C15H22N2O2. The van der Waals surface area contributed by atoms with Crippen LogP contribution < -0.4 is 14.8 Å². The van der Waals surface area contributed by atoms with Gasteiger partial charge in [0.2, 0.25) is 6.79 Å². The molecule has 4 nitrogen and oxygen atoms in total. The van der Waals surface area contributed by atoms with Gasteiger partial charge in [0.25, 0.3) is 0 Å². The summed E-state index contributed by atoms with van der Waals surface area (Å²) in [4.78, 5) is 2.53. The van der Waals surface area contributed by atoms with Crippen LogP contribution in [0.3, 0.4) is 0 Å². The Hall–Kier alpha value is -1.26. The first-order valence-electron chi connectivity index (χ1n) is 7.16. The van der Waals surface area contributed by atoms with Gasteiger partial charge in [0.15, 0.2) is 11.5 Å². The van der Waals surface area contributed by atoms with Crippen molar-refractivity contribution in [2.75, 3.05) is 33.0 Å². The maximum absolute atomic E-state index is 5.43. The van der Waals surface area contributed by atoms with Crippen molar-refractivity contribution in [1.82, 2.24) is 10.2 Å². The van der Waals surface area contributed by atoms with Crippen LogP contribution in [0.5, 0.6) is 11.5 Å². The largest absolute Gasteiger partial charge is 0.454 e. The predicted octanol–water partition coefficient (Wildman–Crippen LogP) is 1.85. The van der Waals surface area contributed by atoms with E-state index in [9.17, 15) is 0 Å². The van der Waals surface area contributed by atoms with E-state index in [1.807, 2.05) is 6.07 Å². The molecule has 1 unspecified atom stereocenters. The fraction of sp³-hybridized carbons (Fsp3) is 0.600. The molecule has 19 heavy (non-hydrogen) atoms. The van der Waals surface area contributed by atoms with Crippen molar-refractivity contribution in [1.29, 1.82) is 0 Å². The minimum absolute atomic E-state index is 0.354. The van der Waals surface area contributed by atoms with Crippen molar-refractivity contribution in [3.63, 3.8) is 0 Å². The number of nitrogens with zero attached hydrogens (tertiary/aromatic N) is 1. The molecule has 0 radical (unpaired) electrons. The lowest BCUT2D eigenvalue weighted by Crippen LogP contribution is -2.26. The van der Waals surface area contributed by atoms with Gasteiger partial charge in [-0.3, -0.25) is 4.90 Å². The van der Waals surface area contributed by atoms with Crippen molar-refractivity contribution in [2.45, 2.75) is 19.9 Å². The lowest BCUT2D eigenvalue weighted by atomic mass is 10.1. The van der Waals surface area contributed by atoms with E-state index >= 15 is 0 Å². The molecule has 1 atom stereocenters. The summed E-state index contributed by atoms with van der Waals surface area (Å²) in [5.41, 5.74) is 1.31. The fourth-order valence-electron chi connectivity index (χ4n) is 2.87. The summed E-state index contributed by atoms with van der Waals surface area (Å²) in [5, 5.41) is 3.45. The molecule has 1 aromatic carbocycles. The van der Waals surface area contributed by atoms with Gasteiger partial charge < -0.3 is 14.8 Å². The Morgan fingerprint density at radius 3 is 3.11 bits per heavy atom. The Labute approximate surface area is 114 Å². The number of fused-ring (bicyclic) bond motifs is 1. The van der Waals surface area contributed by atoms with E-state index in [-0.39, 0.29) is 0 Å². The number of benzene rings is 1. The van der Waals surface area contributed by atoms with E-state index < -0.39 is 0 Å². The van der Waals surface area contributed by atoms with Crippen LogP contribution in [0.15, 0.2) is 18.2 Å². The molecule has 104 valence electrons. The van der Waals surface area contributed by atoms with Gasteiger partial charge in [0.05, 0.1) is 0 Å². The zero-order valence-corrected chi connectivity index (χ0v) is 11.5. The highest BCUT2D eigenvalue weighted by Gasteiger charge is 2.22. The maximum atomic E-state index is 5.43. The molecule has 1 saturated heterocycles. The van der Waals surface area contributed by atoms with E-state index in [0.29, 0.717) is 6.79 Å². The van der Waals surface area contributed by atoms with E-state index in [0.717, 1.165) is 37.1 Å². The summed E-state index contributed by atoms with van der Waals surface area (Å²) >= 11 is 0. The Morgan fingerprint density at radius 1 is 1.32 bits per heavy atom.